The molecule has 0 aromatic heterocycles. The maximum Gasteiger partial charge on any atom is 0.306 e. The van der Waals surface area contributed by atoms with Crippen LogP contribution >= 0.6 is 0 Å². The molecule has 0 atom stereocenters. The minimum atomic E-state index is -0.139. The molecule has 0 aliphatic rings. The molecule has 0 aliphatic heterocycles. The molecule has 0 aliphatic carbocycles. The molecule has 0 saturated carbocycles. The van der Waals surface area contributed by atoms with Gasteiger partial charge in [-0.3, -0.25) is 4.79 Å². The summed E-state index contributed by atoms with van der Waals surface area (Å²) in [5, 5.41) is 9.29. The number of aryl methyl sites for hydroxylation is 1. The number of carbonyl (C=O) groups is 1. The van der Waals surface area contributed by atoms with E-state index in [9.17, 15) is 9.90 Å². The Hall–Kier alpha value is -2.29. The highest BCUT2D eigenvalue weighted by atomic mass is 16.5. The second-order valence-electron chi connectivity index (χ2n) is 4.96. The van der Waals surface area contributed by atoms with E-state index in [-0.39, 0.29) is 11.7 Å². The van der Waals surface area contributed by atoms with Crippen LogP contribution in [-0.4, -0.2) is 17.7 Å². The molecule has 3 heteroatoms. The molecule has 3 nitrogen and oxygen atoms in total. The topological polar surface area (TPSA) is 46.5 Å². The highest BCUT2D eigenvalue weighted by Gasteiger charge is 2.04. The monoisotopic (exact) mass is 284 g/mol. The summed E-state index contributed by atoms with van der Waals surface area (Å²) >= 11 is 0. The number of phenols is 1. The van der Waals surface area contributed by atoms with Crippen LogP contribution in [0.25, 0.3) is 11.1 Å². The molecule has 2 aromatic rings. The normalized spacial score (nSPS) is 10.3. The van der Waals surface area contributed by atoms with Gasteiger partial charge in [-0.1, -0.05) is 43.3 Å². The molecule has 0 heterocycles. The molecule has 0 unspecified atom stereocenters. The van der Waals surface area contributed by atoms with E-state index in [0.29, 0.717) is 19.4 Å². The number of hydrogen-bond acceptors (Lipinski definition) is 3. The predicted molar refractivity (Wildman–Crippen MR) is 83.1 cm³/mol. The molecule has 21 heavy (non-hydrogen) atoms. The zero-order chi connectivity index (χ0) is 15.1. The van der Waals surface area contributed by atoms with E-state index >= 15 is 0 Å². The molecule has 2 aromatic carbocycles. The van der Waals surface area contributed by atoms with Crippen molar-refractivity contribution >= 4 is 5.97 Å². The maximum atomic E-state index is 11.4. The number of phenolic OH excluding ortho intramolecular Hbond substituents is 1. The van der Waals surface area contributed by atoms with Crippen LogP contribution in [-0.2, 0) is 16.0 Å². The highest BCUT2D eigenvalue weighted by molar-refractivity contribution is 5.70. The van der Waals surface area contributed by atoms with Gasteiger partial charge in [0.05, 0.1) is 6.61 Å². The first-order valence-electron chi connectivity index (χ1n) is 7.23. The number of esters is 1. The van der Waals surface area contributed by atoms with Gasteiger partial charge in [0, 0.05) is 6.42 Å². The van der Waals surface area contributed by atoms with E-state index in [2.05, 4.69) is 0 Å². The van der Waals surface area contributed by atoms with Crippen molar-refractivity contribution in [2.75, 3.05) is 6.61 Å². The Morgan fingerprint density at radius 1 is 1.00 bits per heavy atom. The van der Waals surface area contributed by atoms with Crippen molar-refractivity contribution in [3.05, 3.63) is 54.1 Å². The Labute approximate surface area is 125 Å². The van der Waals surface area contributed by atoms with Crippen molar-refractivity contribution in [1.29, 1.82) is 0 Å². The van der Waals surface area contributed by atoms with Crippen molar-refractivity contribution in [1.82, 2.24) is 0 Å². The lowest BCUT2D eigenvalue weighted by Crippen LogP contribution is -2.06. The Bertz CT molecular complexity index is 570. The first kappa shape index (κ1) is 15.1. The molecule has 0 spiro atoms. The third-order valence-corrected chi connectivity index (χ3v) is 3.24. The van der Waals surface area contributed by atoms with E-state index in [1.807, 2.05) is 43.3 Å². The third kappa shape index (κ3) is 4.63. The number of ether oxygens (including phenoxy) is 1. The molecular formula is C18H20O3. The summed E-state index contributed by atoms with van der Waals surface area (Å²) in [5.74, 6) is 0.125. The lowest BCUT2D eigenvalue weighted by atomic mass is 10.0. The Kier molecular flexibility index (Phi) is 5.38. The van der Waals surface area contributed by atoms with Crippen molar-refractivity contribution < 1.29 is 14.6 Å². The number of rotatable bonds is 6. The van der Waals surface area contributed by atoms with Gasteiger partial charge in [-0.2, -0.15) is 0 Å². The highest BCUT2D eigenvalue weighted by Crippen LogP contribution is 2.22. The molecule has 0 fully saturated rings. The summed E-state index contributed by atoms with van der Waals surface area (Å²) in [5.41, 5.74) is 3.26. The predicted octanol–water partition coefficient (Wildman–Crippen LogP) is 3.95. The van der Waals surface area contributed by atoms with Crippen molar-refractivity contribution in [2.24, 2.45) is 0 Å². The van der Waals surface area contributed by atoms with Crippen LogP contribution in [0.4, 0.5) is 0 Å². The van der Waals surface area contributed by atoms with Crippen LogP contribution in [0.5, 0.6) is 5.75 Å². The molecule has 110 valence electrons. The summed E-state index contributed by atoms with van der Waals surface area (Å²) in [6, 6.07) is 15.2. The molecule has 0 saturated heterocycles. The fourth-order valence-electron chi connectivity index (χ4n) is 2.05. The molecule has 0 bridgehead atoms. The number of aromatic hydroxyl groups is 1. The van der Waals surface area contributed by atoms with Crippen molar-refractivity contribution in [2.45, 2.75) is 26.2 Å². The summed E-state index contributed by atoms with van der Waals surface area (Å²) in [4.78, 5) is 11.4. The van der Waals surface area contributed by atoms with E-state index in [1.165, 1.54) is 0 Å². The van der Waals surface area contributed by atoms with Crippen LogP contribution in [0.2, 0.25) is 0 Å². The van der Waals surface area contributed by atoms with Gasteiger partial charge in [0.1, 0.15) is 5.75 Å². The first-order chi connectivity index (χ1) is 10.2. The van der Waals surface area contributed by atoms with Crippen molar-refractivity contribution in [3.8, 4) is 16.9 Å². The average molecular weight is 284 g/mol. The minimum absolute atomic E-state index is 0.139. The van der Waals surface area contributed by atoms with E-state index < -0.39 is 0 Å². The van der Waals surface area contributed by atoms with Crippen LogP contribution in [0.1, 0.15) is 25.3 Å². The standard InChI is InChI=1S/C18H20O3/c1-2-13-21-18(20)12-5-14-3-6-15(7-4-14)16-8-10-17(19)11-9-16/h3-4,6-11,19H,2,5,12-13H2,1H3. The van der Waals surface area contributed by atoms with Gasteiger partial charge in [-0.25, -0.2) is 0 Å². The summed E-state index contributed by atoms with van der Waals surface area (Å²) in [6.07, 6.45) is 1.96. The molecular weight excluding hydrogens is 264 g/mol. The first-order valence-corrected chi connectivity index (χ1v) is 7.23. The van der Waals surface area contributed by atoms with Gasteiger partial charge >= 0.3 is 5.97 Å². The number of hydrogen-bond donors (Lipinski definition) is 1. The second-order valence-corrected chi connectivity index (χ2v) is 4.96. The smallest absolute Gasteiger partial charge is 0.306 e. The van der Waals surface area contributed by atoms with E-state index in [4.69, 9.17) is 4.74 Å². The van der Waals surface area contributed by atoms with E-state index in [0.717, 1.165) is 23.1 Å². The Morgan fingerprint density at radius 2 is 1.57 bits per heavy atom. The molecule has 0 radical (unpaired) electrons. The second kappa shape index (κ2) is 7.48. The van der Waals surface area contributed by atoms with Crippen molar-refractivity contribution in [3.63, 3.8) is 0 Å². The fourth-order valence-corrected chi connectivity index (χ4v) is 2.05. The summed E-state index contributed by atoms with van der Waals surface area (Å²) < 4.78 is 5.05. The third-order valence-electron chi connectivity index (χ3n) is 3.24. The Morgan fingerprint density at radius 3 is 2.14 bits per heavy atom. The van der Waals surface area contributed by atoms with Gasteiger partial charge in [0.15, 0.2) is 0 Å². The van der Waals surface area contributed by atoms with Gasteiger partial charge in [-0.05, 0) is 41.7 Å². The fraction of sp³-hybridized carbons (Fsp3) is 0.278. The average Bonchev–Trinajstić information content (AvgIpc) is 2.52. The van der Waals surface area contributed by atoms with Crippen LogP contribution in [0, 0.1) is 0 Å². The lowest BCUT2D eigenvalue weighted by molar-refractivity contribution is -0.143. The maximum absolute atomic E-state index is 11.4. The zero-order valence-corrected chi connectivity index (χ0v) is 12.2. The summed E-state index contributed by atoms with van der Waals surface area (Å²) in [6.45, 7) is 2.48. The van der Waals surface area contributed by atoms with Crippen LogP contribution in [0.3, 0.4) is 0 Å². The van der Waals surface area contributed by atoms with Gasteiger partial charge in [-0.15, -0.1) is 0 Å². The lowest BCUT2D eigenvalue weighted by Gasteiger charge is -2.05. The molecule has 1 N–H and O–H groups in total. The minimum Gasteiger partial charge on any atom is -0.508 e. The number of carbonyl (C=O) groups excluding carboxylic acids is 1. The van der Waals surface area contributed by atoms with Gasteiger partial charge < -0.3 is 9.84 Å². The van der Waals surface area contributed by atoms with Gasteiger partial charge in [0.2, 0.25) is 0 Å². The van der Waals surface area contributed by atoms with Crippen LogP contribution < -0.4 is 0 Å². The molecule has 2 rings (SSSR count). The van der Waals surface area contributed by atoms with Gasteiger partial charge in [0.25, 0.3) is 0 Å². The van der Waals surface area contributed by atoms with E-state index in [1.54, 1.807) is 12.1 Å². The van der Waals surface area contributed by atoms with Crippen LogP contribution in [0.15, 0.2) is 48.5 Å². The zero-order valence-electron chi connectivity index (χ0n) is 12.2. The Balaban J connectivity index is 1.93. The SMILES string of the molecule is CCCOC(=O)CCc1ccc(-c2ccc(O)cc2)cc1. The number of benzene rings is 2. The largest absolute Gasteiger partial charge is 0.508 e. The summed E-state index contributed by atoms with van der Waals surface area (Å²) in [7, 11) is 0. The quantitative estimate of drug-likeness (QED) is 0.817. The molecule has 0 amide bonds.